The van der Waals surface area contributed by atoms with Crippen molar-refractivity contribution in [2.45, 2.75) is 59.1 Å². The molecule has 1 aromatic carbocycles. The molecular weight excluding hydrogens is 234 g/mol. The monoisotopic (exact) mass is 263 g/mol. The van der Waals surface area contributed by atoms with Gasteiger partial charge in [0.05, 0.1) is 12.1 Å². The van der Waals surface area contributed by atoms with Crippen LogP contribution >= 0.6 is 0 Å². The molecule has 2 unspecified atom stereocenters. The molecule has 2 atom stereocenters. The van der Waals surface area contributed by atoms with Gasteiger partial charge in [-0.05, 0) is 43.9 Å². The summed E-state index contributed by atoms with van der Waals surface area (Å²) in [6, 6.07) is 9.25. The maximum Gasteiger partial charge on any atom is 0.0766 e. The zero-order valence-corrected chi connectivity index (χ0v) is 12.9. The molecule has 0 aliphatic heterocycles. The van der Waals surface area contributed by atoms with E-state index in [1.54, 1.807) is 0 Å². The van der Waals surface area contributed by atoms with Crippen molar-refractivity contribution in [3.63, 3.8) is 0 Å². The quantitative estimate of drug-likeness (QED) is 0.724. The number of aryl methyl sites for hydroxylation is 1. The lowest BCUT2D eigenvalue weighted by Gasteiger charge is -2.28. The molecule has 0 aliphatic carbocycles. The van der Waals surface area contributed by atoms with Crippen molar-refractivity contribution in [1.29, 1.82) is 0 Å². The second kappa shape index (κ2) is 9.11. The molecule has 108 valence electrons. The van der Waals surface area contributed by atoms with Gasteiger partial charge >= 0.3 is 0 Å². The molecule has 2 heteroatoms. The fraction of sp³-hybridized carbons (Fsp3) is 0.647. The molecule has 1 rings (SSSR count). The fourth-order valence-corrected chi connectivity index (χ4v) is 2.39. The molecule has 0 aliphatic rings. The van der Waals surface area contributed by atoms with Crippen LogP contribution in [0.1, 0.15) is 57.7 Å². The van der Waals surface area contributed by atoms with Crippen LogP contribution in [-0.2, 0) is 11.2 Å². The third-order valence-electron chi connectivity index (χ3n) is 3.52. The normalized spacial score (nSPS) is 14.3. The first kappa shape index (κ1) is 16.2. The van der Waals surface area contributed by atoms with Crippen molar-refractivity contribution in [2.75, 3.05) is 13.2 Å². The van der Waals surface area contributed by atoms with E-state index in [2.05, 4.69) is 57.3 Å². The number of hydrogen-bond donors (Lipinski definition) is 1. The first-order valence-corrected chi connectivity index (χ1v) is 7.70. The molecule has 0 heterocycles. The predicted molar refractivity (Wildman–Crippen MR) is 82.6 cm³/mol. The maximum atomic E-state index is 5.90. The Kier molecular flexibility index (Phi) is 7.76. The molecule has 19 heavy (non-hydrogen) atoms. The van der Waals surface area contributed by atoms with Gasteiger partial charge in [-0.25, -0.2) is 0 Å². The number of hydrogen-bond acceptors (Lipinski definition) is 2. The van der Waals surface area contributed by atoms with Gasteiger partial charge in [-0.2, -0.15) is 0 Å². The van der Waals surface area contributed by atoms with E-state index in [1.807, 2.05) is 0 Å². The summed E-state index contributed by atoms with van der Waals surface area (Å²) in [7, 11) is 0. The van der Waals surface area contributed by atoms with E-state index >= 15 is 0 Å². The van der Waals surface area contributed by atoms with Crippen LogP contribution in [-0.4, -0.2) is 19.3 Å². The number of nitrogens with one attached hydrogen (secondary N) is 1. The average molecular weight is 263 g/mol. The zero-order valence-electron chi connectivity index (χ0n) is 12.9. The molecule has 0 amide bonds. The van der Waals surface area contributed by atoms with Crippen molar-refractivity contribution in [3.05, 3.63) is 35.4 Å². The van der Waals surface area contributed by atoms with E-state index in [-0.39, 0.29) is 6.10 Å². The van der Waals surface area contributed by atoms with Gasteiger partial charge in [0.25, 0.3) is 0 Å². The molecule has 0 spiro atoms. The minimum Gasteiger partial charge on any atom is -0.377 e. The molecule has 0 bridgehead atoms. The summed E-state index contributed by atoms with van der Waals surface area (Å²) < 4.78 is 5.90. The van der Waals surface area contributed by atoms with Gasteiger partial charge in [-0.15, -0.1) is 0 Å². The topological polar surface area (TPSA) is 21.3 Å². The van der Waals surface area contributed by atoms with Crippen LogP contribution in [0.4, 0.5) is 0 Å². The lowest BCUT2D eigenvalue weighted by molar-refractivity contribution is 0.0314. The molecule has 0 radical (unpaired) electrons. The van der Waals surface area contributed by atoms with Crippen LogP contribution in [0.5, 0.6) is 0 Å². The second-order valence-corrected chi connectivity index (χ2v) is 4.93. The van der Waals surface area contributed by atoms with E-state index in [0.29, 0.717) is 6.04 Å². The zero-order chi connectivity index (χ0) is 14.1. The Hall–Kier alpha value is -0.860. The molecule has 0 fully saturated rings. The van der Waals surface area contributed by atoms with Gasteiger partial charge in [0.1, 0.15) is 0 Å². The molecule has 0 saturated carbocycles. The van der Waals surface area contributed by atoms with Crippen LogP contribution < -0.4 is 5.32 Å². The van der Waals surface area contributed by atoms with E-state index in [1.165, 1.54) is 11.1 Å². The van der Waals surface area contributed by atoms with E-state index in [9.17, 15) is 0 Å². The van der Waals surface area contributed by atoms with Crippen molar-refractivity contribution in [2.24, 2.45) is 0 Å². The second-order valence-electron chi connectivity index (χ2n) is 4.93. The highest BCUT2D eigenvalue weighted by Crippen LogP contribution is 2.22. The molecule has 1 aromatic rings. The van der Waals surface area contributed by atoms with Crippen LogP contribution in [0.2, 0.25) is 0 Å². The SMILES string of the molecule is CCCNC(c1ccc(CC)cc1)C(CC)OCC. The molecular formula is C17H29NO. The Morgan fingerprint density at radius 1 is 1.05 bits per heavy atom. The highest BCUT2D eigenvalue weighted by atomic mass is 16.5. The summed E-state index contributed by atoms with van der Waals surface area (Å²) in [6.07, 6.45) is 3.52. The van der Waals surface area contributed by atoms with E-state index < -0.39 is 0 Å². The summed E-state index contributed by atoms with van der Waals surface area (Å²) in [5, 5.41) is 3.63. The summed E-state index contributed by atoms with van der Waals surface area (Å²) in [4.78, 5) is 0. The van der Waals surface area contributed by atoms with Crippen LogP contribution in [0.25, 0.3) is 0 Å². The lowest BCUT2D eigenvalue weighted by atomic mass is 9.97. The first-order chi connectivity index (χ1) is 9.26. The average Bonchev–Trinajstić information content (AvgIpc) is 2.47. The van der Waals surface area contributed by atoms with Crippen molar-refractivity contribution in [1.82, 2.24) is 5.32 Å². The van der Waals surface area contributed by atoms with Crippen LogP contribution in [0.15, 0.2) is 24.3 Å². The van der Waals surface area contributed by atoms with E-state index in [0.717, 1.165) is 32.4 Å². The summed E-state index contributed by atoms with van der Waals surface area (Å²) in [5.74, 6) is 0. The van der Waals surface area contributed by atoms with Crippen LogP contribution in [0, 0.1) is 0 Å². The van der Waals surface area contributed by atoms with Crippen molar-refractivity contribution in [3.8, 4) is 0 Å². The minimum absolute atomic E-state index is 0.254. The van der Waals surface area contributed by atoms with E-state index in [4.69, 9.17) is 4.74 Å². The molecule has 0 aromatic heterocycles. The Morgan fingerprint density at radius 2 is 1.74 bits per heavy atom. The summed E-state index contributed by atoms with van der Waals surface area (Å²) in [5.41, 5.74) is 2.73. The van der Waals surface area contributed by atoms with Crippen molar-refractivity contribution >= 4 is 0 Å². The van der Waals surface area contributed by atoms with Crippen molar-refractivity contribution < 1.29 is 4.74 Å². The molecule has 2 nitrogen and oxygen atoms in total. The maximum absolute atomic E-state index is 5.90. The Morgan fingerprint density at radius 3 is 2.21 bits per heavy atom. The third kappa shape index (κ3) is 4.96. The van der Waals surface area contributed by atoms with Gasteiger partial charge in [-0.1, -0.05) is 45.0 Å². The van der Waals surface area contributed by atoms with Gasteiger partial charge in [0.15, 0.2) is 0 Å². The third-order valence-corrected chi connectivity index (χ3v) is 3.52. The summed E-state index contributed by atoms with van der Waals surface area (Å²) >= 11 is 0. The van der Waals surface area contributed by atoms with Crippen LogP contribution in [0.3, 0.4) is 0 Å². The highest BCUT2D eigenvalue weighted by Gasteiger charge is 2.21. The summed E-state index contributed by atoms with van der Waals surface area (Å²) in [6.45, 7) is 10.5. The number of rotatable bonds is 9. The van der Waals surface area contributed by atoms with Gasteiger partial charge in [0, 0.05) is 6.61 Å². The minimum atomic E-state index is 0.254. The first-order valence-electron chi connectivity index (χ1n) is 7.70. The van der Waals surface area contributed by atoms with Gasteiger partial charge in [-0.3, -0.25) is 0 Å². The smallest absolute Gasteiger partial charge is 0.0766 e. The lowest BCUT2D eigenvalue weighted by Crippen LogP contribution is -2.34. The molecule has 1 N–H and O–H groups in total. The van der Waals surface area contributed by atoms with Gasteiger partial charge < -0.3 is 10.1 Å². The molecule has 0 saturated heterocycles. The standard InChI is InChI=1S/C17H29NO/c1-5-13-18-17(16(7-3)19-8-4)15-11-9-14(6-2)10-12-15/h9-12,16-18H,5-8,13H2,1-4H3. The number of benzene rings is 1. The fourth-order valence-electron chi connectivity index (χ4n) is 2.39. The Labute approximate surface area is 118 Å². The Bertz CT molecular complexity index is 334. The largest absolute Gasteiger partial charge is 0.377 e. The number of ether oxygens (including phenoxy) is 1. The predicted octanol–water partition coefficient (Wildman–Crippen LogP) is 4.10. The van der Waals surface area contributed by atoms with Gasteiger partial charge in [0.2, 0.25) is 0 Å². The Balaban J connectivity index is 2.86. The highest BCUT2D eigenvalue weighted by molar-refractivity contribution is 5.26.